The lowest BCUT2D eigenvalue weighted by Gasteiger charge is -2.53. The molecule has 0 saturated carbocycles. The van der Waals surface area contributed by atoms with Crippen LogP contribution in [0.15, 0.2) is 54.6 Å². The SMILES string of the molecule is CC1CN2CCN(C(=O)Cc3ccccc3)CC2C[C@@]1(C)c1cccc(O)c1. The van der Waals surface area contributed by atoms with E-state index < -0.39 is 0 Å². The summed E-state index contributed by atoms with van der Waals surface area (Å²) in [5.41, 5.74) is 2.29. The third-order valence-electron chi connectivity index (χ3n) is 6.92. The van der Waals surface area contributed by atoms with Gasteiger partial charge in [0.1, 0.15) is 5.75 Å². The molecule has 4 rings (SSSR count). The van der Waals surface area contributed by atoms with Gasteiger partial charge in [-0.1, -0.05) is 56.3 Å². The van der Waals surface area contributed by atoms with Gasteiger partial charge in [-0.15, -0.1) is 0 Å². The van der Waals surface area contributed by atoms with Crippen molar-refractivity contribution in [3.63, 3.8) is 0 Å². The van der Waals surface area contributed by atoms with E-state index in [4.69, 9.17) is 0 Å². The second-order valence-electron chi connectivity index (χ2n) is 8.72. The van der Waals surface area contributed by atoms with Crippen LogP contribution in [0.1, 0.15) is 31.4 Å². The summed E-state index contributed by atoms with van der Waals surface area (Å²) in [5.74, 6) is 1.05. The van der Waals surface area contributed by atoms with Crippen molar-refractivity contribution in [1.82, 2.24) is 9.80 Å². The average molecular weight is 379 g/mol. The molecule has 4 heteroatoms. The van der Waals surface area contributed by atoms with Crippen LogP contribution in [0.3, 0.4) is 0 Å². The van der Waals surface area contributed by atoms with Gasteiger partial charge < -0.3 is 10.0 Å². The molecular formula is C24H30N2O2. The summed E-state index contributed by atoms with van der Waals surface area (Å²) < 4.78 is 0. The Morgan fingerprint density at radius 1 is 1.11 bits per heavy atom. The van der Waals surface area contributed by atoms with Crippen LogP contribution in [-0.4, -0.2) is 53.0 Å². The minimum atomic E-state index is 0.00535. The van der Waals surface area contributed by atoms with Crippen molar-refractivity contribution in [2.45, 2.75) is 38.1 Å². The van der Waals surface area contributed by atoms with Crippen molar-refractivity contribution in [3.05, 3.63) is 65.7 Å². The number of carbonyl (C=O) groups is 1. The molecule has 2 aliphatic rings. The normalized spacial score (nSPS) is 28.0. The van der Waals surface area contributed by atoms with E-state index >= 15 is 0 Å². The summed E-state index contributed by atoms with van der Waals surface area (Å²) in [5, 5.41) is 9.97. The zero-order valence-electron chi connectivity index (χ0n) is 16.8. The van der Waals surface area contributed by atoms with Gasteiger partial charge in [-0.3, -0.25) is 9.69 Å². The van der Waals surface area contributed by atoms with Gasteiger partial charge >= 0.3 is 0 Å². The van der Waals surface area contributed by atoms with E-state index in [-0.39, 0.29) is 11.3 Å². The Balaban J connectivity index is 1.48. The van der Waals surface area contributed by atoms with Crippen molar-refractivity contribution in [1.29, 1.82) is 0 Å². The van der Waals surface area contributed by atoms with Crippen LogP contribution in [0.2, 0.25) is 0 Å². The average Bonchev–Trinajstić information content (AvgIpc) is 2.69. The van der Waals surface area contributed by atoms with E-state index in [1.54, 1.807) is 6.07 Å². The number of piperidine rings is 1. The Bertz CT molecular complexity index is 838. The number of amides is 1. The van der Waals surface area contributed by atoms with Crippen LogP contribution in [-0.2, 0) is 16.6 Å². The number of nitrogens with zero attached hydrogens (tertiary/aromatic N) is 2. The first-order chi connectivity index (χ1) is 13.5. The summed E-state index contributed by atoms with van der Waals surface area (Å²) >= 11 is 0. The van der Waals surface area contributed by atoms with E-state index in [9.17, 15) is 9.90 Å². The van der Waals surface area contributed by atoms with Crippen LogP contribution >= 0.6 is 0 Å². The highest BCUT2D eigenvalue weighted by atomic mass is 16.3. The number of piperazine rings is 1. The molecule has 28 heavy (non-hydrogen) atoms. The zero-order valence-corrected chi connectivity index (χ0v) is 16.8. The van der Waals surface area contributed by atoms with Crippen molar-refractivity contribution in [2.24, 2.45) is 5.92 Å². The van der Waals surface area contributed by atoms with Gasteiger partial charge in [0.05, 0.1) is 6.42 Å². The molecule has 1 amide bonds. The van der Waals surface area contributed by atoms with Gasteiger partial charge in [0, 0.05) is 32.2 Å². The van der Waals surface area contributed by atoms with E-state index in [1.807, 2.05) is 47.4 Å². The standard InChI is InChI=1S/C24H30N2O2/c1-18-16-25-11-12-26(23(28)13-19-7-4-3-5-8-19)17-21(25)15-24(18,2)20-9-6-10-22(27)14-20/h3-10,14,18,21,27H,11-13,15-17H2,1-2H3/t18?,21?,24-/m1/s1. The number of benzene rings is 2. The molecule has 0 bridgehead atoms. The van der Waals surface area contributed by atoms with Crippen molar-refractivity contribution < 1.29 is 9.90 Å². The van der Waals surface area contributed by atoms with E-state index in [2.05, 4.69) is 24.8 Å². The first kappa shape index (κ1) is 19.0. The predicted octanol–water partition coefficient (Wildman–Crippen LogP) is 3.45. The Hall–Kier alpha value is -2.33. The smallest absolute Gasteiger partial charge is 0.227 e. The number of hydrogen-bond donors (Lipinski definition) is 1. The molecule has 2 aliphatic heterocycles. The molecule has 2 saturated heterocycles. The highest BCUT2D eigenvalue weighted by molar-refractivity contribution is 5.79. The van der Waals surface area contributed by atoms with Gasteiger partial charge in [-0.25, -0.2) is 0 Å². The monoisotopic (exact) mass is 378 g/mol. The summed E-state index contributed by atoms with van der Waals surface area (Å²) in [7, 11) is 0. The molecule has 2 heterocycles. The molecule has 148 valence electrons. The number of fused-ring (bicyclic) bond motifs is 1. The molecule has 4 nitrogen and oxygen atoms in total. The van der Waals surface area contributed by atoms with E-state index in [1.165, 1.54) is 5.56 Å². The van der Waals surface area contributed by atoms with E-state index in [0.29, 0.717) is 24.1 Å². The van der Waals surface area contributed by atoms with Crippen LogP contribution in [0.5, 0.6) is 5.75 Å². The lowest BCUT2D eigenvalue weighted by atomic mass is 9.65. The van der Waals surface area contributed by atoms with Crippen LogP contribution in [0.4, 0.5) is 0 Å². The number of phenols is 1. The van der Waals surface area contributed by atoms with Crippen LogP contribution in [0, 0.1) is 5.92 Å². The van der Waals surface area contributed by atoms with Crippen LogP contribution < -0.4 is 0 Å². The second-order valence-corrected chi connectivity index (χ2v) is 8.72. The zero-order chi connectivity index (χ0) is 19.7. The van der Waals surface area contributed by atoms with Gasteiger partial charge in [0.2, 0.25) is 5.91 Å². The fourth-order valence-corrected chi connectivity index (χ4v) is 4.94. The maximum Gasteiger partial charge on any atom is 0.227 e. The summed E-state index contributed by atoms with van der Waals surface area (Å²) in [6.07, 6.45) is 1.49. The Morgan fingerprint density at radius 2 is 1.89 bits per heavy atom. The summed E-state index contributed by atoms with van der Waals surface area (Å²) in [4.78, 5) is 17.5. The molecule has 2 unspecified atom stereocenters. The molecular weight excluding hydrogens is 348 g/mol. The Morgan fingerprint density at radius 3 is 2.64 bits per heavy atom. The maximum atomic E-state index is 12.9. The topological polar surface area (TPSA) is 43.8 Å². The number of phenolic OH excluding ortho intramolecular Hbond substituents is 1. The molecule has 0 spiro atoms. The minimum Gasteiger partial charge on any atom is -0.508 e. The molecule has 1 N–H and O–H groups in total. The van der Waals surface area contributed by atoms with Crippen LogP contribution in [0.25, 0.3) is 0 Å². The number of hydrogen-bond acceptors (Lipinski definition) is 3. The number of carbonyl (C=O) groups excluding carboxylic acids is 1. The minimum absolute atomic E-state index is 0.00535. The predicted molar refractivity (Wildman–Crippen MR) is 111 cm³/mol. The van der Waals surface area contributed by atoms with Crippen molar-refractivity contribution in [3.8, 4) is 5.75 Å². The fourth-order valence-electron chi connectivity index (χ4n) is 4.94. The molecule has 0 aliphatic carbocycles. The molecule has 0 aromatic heterocycles. The highest BCUT2D eigenvalue weighted by Gasteiger charge is 2.45. The molecule has 3 atom stereocenters. The van der Waals surface area contributed by atoms with E-state index in [0.717, 1.165) is 38.2 Å². The van der Waals surface area contributed by atoms with Gasteiger partial charge in [0.15, 0.2) is 0 Å². The lowest BCUT2D eigenvalue weighted by Crippen LogP contribution is -2.62. The molecule has 2 fully saturated rings. The lowest BCUT2D eigenvalue weighted by molar-refractivity contribution is -0.135. The maximum absolute atomic E-state index is 12.9. The van der Waals surface area contributed by atoms with Gasteiger partial charge in [-0.05, 0) is 41.0 Å². The second kappa shape index (κ2) is 7.59. The summed E-state index contributed by atoms with van der Waals surface area (Å²) in [6, 6.07) is 18.1. The largest absolute Gasteiger partial charge is 0.508 e. The first-order valence-corrected chi connectivity index (χ1v) is 10.3. The third kappa shape index (κ3) is 3.66. The number of rotatable bonds is 3. The fraction of sp³-hybridized carbons (Fsp3) is 0.458. The van der Waals surface area contributed by atoms with Crippen molar-refractivity contribution in [2.75, 3.05) is 26.2 Å². The Labute approximate surface area is 167 Å². The molecule has 2 aromatic rings. The molecule has 2 aromatic carbocycles. The van der Waals surface area contributed by atoms with Crippen molar-refractivity contribution >= 4 is 5.91 Å². The third-order valence-corrected chi connectivity index (χ3v) is 6.92. The van der Waals surface area contributed by atoms with Gasteiger partial charge in [0.25, 0.3) is 0 Å². The summed E-state index contributed by atoms with van der Waals surface area (Å²) in [6.45, 7) is 8.23. The van der Waals surface area contributed by atoms with Gasteiger partial charge in [-0.2, -0.15) is 0 Å². The Kier molecular flexibility index (Phi) is 5.15. The quantitative estimate of drug-likeness (QED) is 0.890. The number of aromatic hydroxyl groups is 1. The highest BCUT2D eigenvalue weighted by Crippen LogP contribution is 2.43. The molecule has 0 radical (unpaired) electrons. The first-order valence-electron chi connectivity index (χ1n) is 10.3.